The summed E-state index contributed by atoms with van der Waals surface area (Å²) in [6.07, 6.45) is 59.5. The number of carbonyl (C=O) groups excluding carboxylic acids is 2. The van der Waals surface area contributed by atoms with Crippen LogP contribution in [0.15, 0.2) is 24.3 Å². The summed E-state index contributed by atoms with van der Waals surface area (Å²) in [5.41, 5.74) is 0. The summed E-state index contributed by atoms with van der Waals surface area (Å²) in [6, 6.07) is 0. The highest BCUT2D eigenvalue weighted by molar-refractivity contribution is 7.47. The number of unbranched alkanes of at least 4 members (excludes halogenated alkanes) is 36. The van der Waals surface area contributed by atoms with Gasteiger partial charge in [0, 0.05) is 12.8 Å². The zero-order chi connectivity index (χ0) is 49.9. The molecule has 0 saturated carbocycles. The molecule has 2 atom stereocenters. The lowest BCUT2D eigenvalue weighted by atomic mass is 10.0. The SMILES string of the molecule is CCCCCCC/C=C\C/C=C\CCCCCCCCCCCCCC(=O)OC(COC(=O)CCCCCCCCCCCCCCCCCCCCCCC)COP(=O)(O)OCC[N+](C)(C)C. The van der Waals surface area contributed by atoms with E-state index in [0.29, 0.717) is 23.9 Å². The minimum Gasteiger partial charge on any atom is -0.462 e. The molecular formula is C58H113NO8P+. The summed E-state index contributed by atoms with van der Waals surface area (Å²) in [5, 5.41) is 0. The van der Waals surface area contributed by atoms with E-state index in [9.17, 15) is 19.0 Å². The monoisotopic (exact) mass is 983 g/mol. The van der Waals surface area contributed by atoms with Gasteiger partial charge in [-0.25, -0.2) is 4.57 Å². The van der Waals surface area contributed by atoms with Crippen LogP contribution >= 0.6 is 7.82 Å². The molecule has 68 heavy (non-hydrogen) atoms. The number of nitrogens with zero attached hydrogens (tertiary/aromatic N) is 1. The Hall–Kier alpha value is -1.51. The number of phosphoric ester groups is 1. The number of esters is 2. The van der Waals surface area contributed by atoms with E-state index in [1.807, 2.05) is 21.1 Å². The lowest BCUT2D eigenvalue weighted by molar-refractivity contribution is -0.870. The first kappa shape index (κ1) is 66.5. The Balaban J connectivity index is 4.14. The van der Waals surface area contributed by atoms with E-state index < -0.39 is 26.5 Å². The molecule has 0 amide bonds. The first-order valence-electron chi connectivity index (χ1n) is 29.1. The van der Waals surface area contributed by atoms with Gasteiger partial charge in [0.2, 0.25) is 0 Å². The first-order valence-corrected chi connectivity index (χ1v) is 30.6. The van der Waals surface area contributed by atoms with Crippen LogP contribution in [0.25, 0.3) is 0 Å². The molecule has 2 unspecified atom stereocenters. The molecule has 0 saturated heterocycles. The lowest BCUT2D eigenvalue weighted by Gasteiger charge is -2.24. The summed E-state index contributed by atoms with van der Waals surface area (Å²) < 4.78 is 34.6. The summed E-state index contributed by atoms with van der Waals surface area (Å²) in [6.45, 7) is 4.47. The van der Waals surface area contributed by atoms with Crippen molar-refractivity contribution in [2.24, 2.45) is 0 Å². The molecular weight excluding hydrogens is 870 g/mol. The van der Waals surface area contributed by atoms with Gasteiger partial charge in [0.15, 0.2) is 6.10 Å². The maximum atomic E-state index is 12.8. The van der Waals surface area contributed by atoms with Crippen molar-refractivity contribution in [1.29, 1.82) is 0 Å². The highest BCUT2D eigenvalue weighted by Crippen LogP contribution is 2.43. The molecule has 0 aromatic carbocycles. The van der Waals surface area contributed by atoms with Crippen LogP contribution in [0.2, 0.25) is 0 Å². The Morgan fingerprint density at radius 3 is 1.16 bits per heavy atom. The fraction of sp³-hybridized carbons (Fsp3) is 0.897. The smallest absolute Gasteiger partial charge is 0.462 e. The fourth-order valence-electron chi connectivity index (χ4n) is 8.46. The van der Waals surface area contributed by atoms with E-state index in [2.05, 4.69) is 38.2 Å². The van der Waals surface area contributed by atoms with Gasteiger partial charge in [-0.2, -0.15) is 0 Å². The lowest BCUT2D eigenvalue weighted by Crippen LogP contribution is -2.37. The van der Waals surface area contributed by atoms with Crippen LogP contribution in [0.4, 0.5) is 0 Å². The van der Waals surface area contributed by atoms with E-state index in [0.717, 1.165) is 38.5 Å². The number of phosphoric acid groups is 1. The Labute approximate surface area is 421 Å². The zero-order valence-corrected chi connectivity index (χ0v) is 46.5. The molecule has 0 radical (unpaired) electrons. The summed E-state index contributed by atoms with van der Waals surface area (Å²) in [4.78, 5) is 35.7. The molecule has 0 aliphatic rings. The summed E-state index contributed by atoms with van der Waals surface area (Å²) >= 11 is 0. The van der Waals surface area contributed by atoms with Crippen LogP contribution in [-0.4, -0.2) is 74.9 Å². The summed E-state index contributed by atoms with van der Waals surface area (Å²) in [5.74, 6) is -0.783. The Kier molecular flexibility index (Phi) is 49.3. The third-order valence-electron chi connectivity index (χ3n) is 13.0. The van der Waals surface area contributed by atoms with Crippen LogP contribution in [0.5, 0.6) is 0 Å². The second-order valence-electron chi connectivity index (χ2n) is 21.0. The van der Waals surface area contributed by atoms with Gasteiger partial charge in [0.1, 0.15) is 19.8 Å². The number of hydrogen-bond acceptors (Lipinski definition) is 7. The van der Waals surface area contributed by atoms with Gasteiger partial charge in [-0.05, 0) is 44.9 Å². The highest BCUT2D eigenvalue weighted by Gasteiger charge is 2.27. The second kappa shape index (κ2) is 50.4. The molecule has 0 bridgehead atoms. The predicted octanol–water partition coefficient (Wildman–Crippen LogP) is 17.8. The number of ether oxygens (including phenoxy) is 2. The molecule has 1 N–H and O–H groups in total. The molecule has 0 heterocycles. The van der Waals surface area contributed by atoms with Gasteiger partial charge in [-0.15, -0.1) is 0 Å². The molecule has 0 spiro atoms. The maximum absolute atomic E-state index is 12.8. The van der Waals surface area contributed by atoms with Gasteiger partial charge in [0.25, 0.3) is 0 Å². The number of hydrogen-bond donors (Lipinski definition) is 1. The normalized spacial score (nSPS) is 13.4. The van der Waals surface area contributed by atoms with Gasteiger partial charge < -0.3 is 18.9 Å². The molecule has 0 rings (SSSR count). The Bertz CT molecular complexity index is 1200. The predicted molar refractivity (Wildman–Crippen MR) is 289 cm³/mol. The third-order valence-corrected chi connectivity index (χ3v) is 14.0. The highest BCUT2D eigenvalue weighted by atomic mass is 31.2. The summed E-state index contributed by atoms with van der Waals surface area (Å²) in [7, 11) is 1.49. The standard InChI is InChI=1S/C58H112NO8P/c1-6-8-10-12-14-16-18-20-22-24-26-28-29-31-33-35-37-39-41-43-45-47-49-51-58(61)67-56(55-66-68(62,63)65-53-52-59(3,4)5)54-64-57(60)50-48-46-44-42-40-38-36-34-32-30-27-25-23-21-19-17-15-13-11-9-7-2/h18,20,24,26,56H,6-17,19,21-23,25,27-55H2,1-5H3/p+1/b20-18-,26-24-. The van der Waals surface area contributed by atoms with Gasteiger partial charge in [-0.1, -0.05) is 250 Å². The van der Waals surface area contributed by atoms with Crippen LogP contribution in [0.3, 0.4) is 0 Å². The number of quaternary nitrogens is 1. The number of rotatable bonds is 54. The Morgan fingerprint density at radius 2 is 0.794 bits per heavy atom. The minimum absolute atomic E-state index is 0.0339. The minimum atomic E-state index is -4.38. The van der Waals surface area contributed by atoms with Crippen molar-refractivity contribution in [2.45, 2.75) is 290 Å². The molecule has 9 nitrogen and oxygen atoms in total. The molecule has 0 aromatic rings. The number of carbonyl (C=O) groups is 2. The third kappa shape index (κ3) is 53.8. The van der Waals surface area contributed by atoms with Gasteiger partial charge in [0.05, 0.1) is 27.7 Å². The molecule has 10 heteroatoms. The van der Waals surface area contributed by atoms with E-state index in [-0.39, 0.29) is 25.6 Å². The van der Waals surface area contributed by atoms with Gasteiger partial charge >= 0.3 is 19.8 Å². The van der Waals surface area contributed by atoms with Crippen LogP contribution in [0, 0.1) is 0 Å². The molecule has 0 aromatic heterocycles. The van der Waals surface area contributed by atoms with Crippen LogP contribution in [-0.2, 0) is 32.7 Å². The second-order valence-corrected chi connectivity index (χ2v) is 22.5. The van der Waals surface area contributed by atoms with Crippen molar-refractivity contribution in [2.75, 3.05) is 47.5 Å². The van der Waals surface area contributed by atoms with Crippen molar-refractivity contribution in [3.05, 3.63) is 24.3 Å². The topological polar surface area (TPSA) is 108 Å². The zero-order valence-electron chi connectivity index (χ0n) is 45.6. The van der Waals surface area contributed by atoms with Crippen molar-refractivity contribution < 1.29 is 42.1 Å². The number of allylic oxidation sites excluding steroid dienone is 4. The maximum Gasteiger partial charge on any atom is 0.472 e. The van der Waals surface area contributed by atoms with E-state index >= 15 is 0 Å². The molecule has 0 aliphatic carbocycles. The van der Waals surface area contributed by atoms with Crippen LogP contribution in [0.1, 0.15) is 284 Å². The Morgan fingerprint density at radius 1 is 0.456 bits per heavy atom. The largest absolute Gasteiger partial charge is 0.472 e. The molecule has 402 valence electrons. The molecule has 0 aliphatic heterocycles. The van der Waals surface area contributed by atoms with E-state index in [1.165, 1.54) is 212 Å². The average molecular weight is 984 g/mol. The quantitative estimate of drug-likeness (QED) is 0.0211. The van der Waals surface area contributed by atoms with Crippen molar-refractivity contribution in [3.63, 3.8) is 0 Å². The van der Waals surface area contributed by atoms with Crippen LogP contribution < -0.4 is 0 Å². The van der Waals surface area contributed by atoms with E-state index in [4.69, 9.17) is 18.5 Å². The number of likely N-dealkylation sites (N-methyl/N-ethyl adjacent to an activating group) is 1. The average Bonchev–Trinajstić information content (AvgIpc) is 3.30. The van der Waals surface area contributed by atoms with Crippen molar-refractivity contribution in [3.8, 4) is 0 Å². The van der Waals surface area contributed by atoms with E-state index in [1.54, 1.807) is 0 Å². The van der Waals surface area contributed by atoms with Gasteiger partial charge in [-0.3, -0.25) is 18.6 Å². The molecule has 0 fully saturated rings. The van der Waals surface area contributed by atoms with Crippen molar-refractivity contribution >= 4 is 19.8 Å². The van der Waals surface area contributed by atoms with Crippen molar-refractivity contribution in [1.82, 2.24) is 0 Å². The fourth-order valence-corrected chi connectivity index (χ4v) is 9.20. The first-order chi connectivity index (χ1) is 33.0.